The van der Waals surface area contributed by atoms with Crippen LogP contribution in [0.3, 0.4) is 0 Å². The van der Waals surface area contributed by atoms with Gasteiger partial charge in [0.25, 0.3) is 5.89 Å². The number of nitriles is 1. The van der Waals surface area contributed by atoms with E-state index in [-0.39, 0.29) is 6.10 Å². The summed E-state index contributed by atoms with van der Waals surface area (Å²) in [7, 11) is 0. The SMILES string of the molecule is N#Cc1cc(-c2nc(C3Cc4ccccc4O3)no2)c[nH]1. The topological polar surface area (TPSA) is 87.7 Å². The molecule has 2 aromatic heterocycles. The van der Waals surface area contributed by atoms with E-state index < -0.39 is 0 Å². The van der Waals surface area contributed by atoms with Crippen LogP contribution in [-0.4, -0.2) is 15.1 Å². The van der Waals surface area contributed by atoms with E-state index in [4.69, 9.17) is 14.5 Å². The highest BCUT2D eigenvalue weighted by Crippen LogP contribution is 2.35. The number of hydrogen-bond donors (Lipinski definition) is 1. The highest BCUT2D eigenvalue weighted by atomic mass is 16.5. The number of para-hydroxylation sites is 1. The maximum Gasteiger partial charge on any atom is 0.259 e. The number of ether oxygens (including phenoxy) is 1. The Labute approximate surface area is 120 Å². The first-order valence-electron chi connectivity index (χ1n) is 6.50. The number of aromatic nitrogens is 3. The number of H-pyrrole nitrogens is 1. The molecule has 6 nitrogen and oxygen atoms in total. The van der Waals surface area contributed by atoms with Crippen molar-refractivity contribution < 1.29 is 9.26 Å². The molecule has 6 heteroatoms. The number of hydrogen-bond acceptors (Lipinski definition) is 5. The minimum absolute atomic E-state index is 0.228. The van der Waals surface area contributed by atoms with E-state index in [9.17, 15) is 0 Å². The number of benzene rings is 1. The third-order valence-electron chi connectivity index (χ3n) is 3.43. The van der Waals surface area contributed by atoms with Gasteiger partial charge in [0.2, 0.25) is 5.82 Å². The van der Waals surface area contributed by atoms with Crippen molar-refractivity contribution >= 4 is 0 Å². The number of aromatic amines is 1. The Kier molecular flexibility index (Phi) is 2.51. The van der Waals surface area contributed by atoms with Gasteiger partial charge in [0.15, 0.2) is 6.10 Å². The van der Waals surface area contributed by atoms with Crippen LogP contribution in [0, 0.1) is 11.3 Å². The first-order valence-corrected chi connectivity index (χ1v) is 6.50. The summed E-state index contributed by atoms with van der Waals surface area (Å²) in [5.41, 5.74) is 2.29. The first kappa shape index (κ1) is 11.7. The number of nitrogens with zero attached hydrogens (tertiary/aromatic N) is 3. The zero-order valence-electron chi connectivity index (χ0n) is 10.9. The Morgan fingerprint density at radius 2 is 2.24 bits per heavy atom. The second-order valence-corrected chi connectivity index (χ2v) is 4.79. The van der Waals surface area contributed by atoms with Crippen molar-refractivity contribution in [2.24, 2.45) is 0 Å². The molecule has 0 radical (unpaired) electrons. The van der Waals surface area contributed by atoms with Gasteiger partial charge in [0.05, 0.1) is 5.56 Å². The summed E-state index contributed by atoms with van der Waals surface area (Å²) < 4.78 is 11.1. The van der Waals surface area contributed by atoms with Crippen LogP contribution in [0.25, 0.3) is 11.5 Å². The van der Waals surface area contributed by atoms with E-state index in [2.05, 4.69) is 15.1 Å². The normalized spacial score (nSPS) is 16.2. The van der Waals surface area contributed by atoms with Gasteiger partial charge in [-0.15, -0.1) is 0 Å². The quantitative estimate of drug-likeness (QED) is 0.778. The third-order valence-corrected chi connectivity index (χ3v) is 3.43. The van der Waals surface area contributed by atoms with E-state index in [1.807, 2.05) is 30.3 Å². The first-order chi connectivity index (χ1) is 10.3. The lowest BCUT2D eigenvalue weighted by molar-refractivity contribution is 0.221. The van der Waals surface area contributed by atoms with Crippen molar-refractivity contribution in [1.29, 1.82) is 5.26 Å². The molecule has 1 aromatic carbocycles. The second kappa shape index (κ2) is 4.49. The highest BCUT2D eigenvalue weighted by Gasteiger charge is 2.28. The Morgan fingerprint density at radius 3 is 3.05 bits per heavy atom. The predicted molar refractivity (Wildman–Crippen MR) is 72.3 cm³/mol. The maximum atomic E-state index is 8.81. The van der Waals surface area contributed by atoms with Crippen molar-refractivity contribution in [2.45, 2.75) is 12.5 Å². The van der Waals surface area contributed by atoms with Crippen LogP contribution < -0.4 is 4.74 Å². The Balaban J connectivity index is 1.60. The molecular weight excluding hydrogens is 268 g/mol. The Hall–Kier alpha value is -3.07. The van der Waals surface area contributed by atoms with Crippen molar-refractivity contribution in [2.75, 3.05) is 0 Å². The zero-order chi connectivity index (χ0) is 14.2. The van der Waals surface area contributed by atoms with Gasteiger partial charge < -0.3 is 14.2 Å². The van der Waals surface area contributed by atoms with Gasteiger partial charge in [-0.25, -0.2) is 0 Å². The van der Waals surface area contributed by atoms with Crippen LogP contribution in [-0.2, 0) is 6.42 Å². The van der Waals surface area contributed by atoms with Crippen LogP contribution in [0.15, 0.2) is 41.1 Å². The van der Waals surface area contributed by atoms with Crippen LogP contribution >= 0.6 is 0 Å². The molecular formula is C15H10N4O2. The molecule has 102 valence electrons. The van der Waals surface area contributed by atoms with E-state index in [0.717, 1.165) is 17.7 Å². The van der Waals surface area contributed by atoms with Gasteiger partial charge in [0, 0.05) is 12.6 Å². The minimum atomic E-state index is -0.228. The predicted octanol–water partition coefficient (Wildman–Crippen LogP) is 2.61. The average Bonchev–Trinajstić information content (AvgIpc) is 3.24. The molecule has 0 aliphatic carbocycles. The zero-order valence-corrected chi connectivity index (χ0v) is 10.9. The summed E-state index contributed by atoms with van der Waals surface area (Å²) in [4.78, 5) is 7.19. The number of nitrogens with one attached hydrogen (secondary N) is 1. The molecule has 3 heterocycles. The molecule has 0 saturated heterocycles. The van der Waals surface area contributed by atoms with Gasteiger partial charge >= 0.3 is 0 Å². The number of fused-ring (bicyclic) bond motifs is 1. The molecule has 0 amide bonds. The summed E-state index contributed by atoms with van der Waals surface area (Å²) >= 11 is 0. The smallest absolute Gasteiger partial charge is 0.259 e. The van der Waals surface area contributed by atoms with Gasteiger partial charge in [-0.1, -0.05) is 23.4 Å². The fraction of sp³-hybridized carbons (Fsp3) is 0.133. The average molecular weight is 278 g/mol. The monoisotopic (exact) mass is 278 g/mol. The summed E-state index contributed by atoms with van der Waals surface area (Å²) in [6.07, 6.45) is 2.17. The van der Waals surface area contributed by atoms with E-state index >= 15 is 0 Å². The van der Waals surface area contributed by atoms with Crippen molar-refractivity contribution in [1.82, 2.24) is 15.1 Å². The summed E-state index contributed by atoms with van der Waals surface area (Å²) in [6.45, 7) is 0. The van der Waals surface area contributed by atoms with Crippen molar-refractivity contribution in [3.05, 3.63) is 53.6 Å². The lowest BCUT2D eigenvalue weighted by Crippen LogP contribution is -2.05. The van der Waals surface area contributed by atoms with Gasteiger partial charge in [-0.2, -0.15) is 10.2 Å². The molecule has 4 rings (SSSR count). The van der Waals surface area contributed by atoms with Crippen LogP contribution in [0.5, 0.6) is 5.75 Å². The molecule has 1 N–H and O–H groups in total. The summed E-state index contributed by atoms with van der Waals surface area (Å²) in [5.74, 6) is 1.76. The van der Waals surface area contributed by atoms with Crippen LogP contribution in [0.1, 0.15) is 23.2 Å². The third kappa shape index (κ3) is 1.96. The molecule has 0 bridgehead atoms. The fourth-order valence-corrected chi connectivity index (χ4v) is 2.39. The van der Waals surface area contributed by atoms with Gasteiger partial charge in [-0.3, -0.25) is 0 Å². The molecule has 1 unspecified atom stereocenters. The molecule has 3 aromatic rings. The molecule has 1 aliphatic rings. The van der Waals surface area contributed by atoms with Gasteiger partial charge in [0.1, 0.15) is 17.5 Å². The molecule has 0 saturated carbocycles. The van der Waals surface area contributed by atoms with E-state index in [0.29, 0.717) is 23.0 Å². The fourth-order valence-electron chi connectivity index (χ4n) is 2.39. The van der Waals surface area contributed by atoms with Crippen molar-refractivity contribution in [3.63, 3.8) is 0 Å². The molecule has 1 aliphatic heterocycles. The highest BCUT2D eigenvalue weighted by molar-refractivity contribution is 5.54. The van der Waals surface area contributed by atoms with E-state index in [1.165, 1.54) is 0 Å². The Morgan fingerprint density at radius 1 is 1.33 bits per heavy atom. The molecule has 1 atom stereocenters. The maximum absolute atomic E-state index is 8.81. The van der Waals surface area contributed by atoms with Crippen LogP contribution in [0.2, 0.25) is 0 Å². The summed E-state index contributed by atoms with van der Waals surface area (Å²) in [6, 6.07) is 11.6. The Bertz CT molecular complexity index is 818. The van der Waals surface area contributed by atoms with E-state index in [1.54, 1.807) is 12.3 Å². The summed E-state index contributed by atoms with van der Waals surface area (Å²) in [5, 5.41) is 12.8. The molecule has 21 heavy (non-hydrogen) atoms. The minimum Gasteiger partial charge on any atom is -0.482 e. The number of rotatable bonds is 2. The largest absolute Gasteiger partial charge is 0.482 e. The second-order valence-electron chi connectivity index (χ2n) is 4.79. The standard InChI is InChI=1S/C15H10N4O2/c16-7-11-5-10(8-17-11)15-18-14(19-21-15)13-6-9-3-1-2-4-12(9)20-13/h1-5,8,13,17H,6H2. The molecule has 0 fully saturated rings. The lowest BCUT2D eigenvalue weighted by Gasteiger charge is -2.04. The van der Waals surface area contributed by atoms with Crippen molar-refractivity contribution in [3.8, 4) is 23.3 Å². The van der Waals surface area contributed by atoms with Gasteiger partial charge in [-0.05, 0) is 17.7 Å². The lowest BCUT2D eigenvalue weighted by atomic mass is 10.1. The van der Waals surface area contributed by atoms with Crippen LogP contribution in [0.4, 0.5) is 0 Å². The molecule has 0 spiro atoms.